The van der Waals surface area contributed by atoms with Gasteiger partial charge in [0.2, 0.25) is 0 Å². The first-order chi connectivity index (χ1) is 16.3. The molecule has 2 aliphatic rings. The number of nitrogens with zero attached hydrogens (tertiary/aromatic N) is 2. The number of aromatic nitrogens is 2. The number of carboxylic acid groups (broad SMARTS) is 1. The predicted octanol–water partition coefficient (Wildman–Crippen LogP) is 3.25. The molecule has 8 nitrogen and oxygen atoms in total. The highest BCUT2D eigenvalue weighted by Crippen LogP contribution is 2.37. The number of rotatable bonds is 7. The van der Waals surface area contributed by atoms with Crippen molar-refractivity contribution in [3.05, 3.63) is 46.0 Å². The summed E-state index contributed by atoms with van der Waals surface area (Å²) in [4.78, 5) is 24.7. The van der Waals surface area contributed by atoms with Crippen LogP contribution in [-0.2, 0) is 30.5 Å². The number of ether oxygens (including phenoxy) is 2. The van der Waals surface area contributed by atoms with E-state index in [1.54, 1.807) is 0 Å². The molecular formula is C25H32FN3O5. The highest BCUT2D eigenvalue weighted by molar-refractivity contribution is 5.97. The Kier molecular flexibility index (Phi) is 6.93. The highest BCUT2D eigenvalue weighted by atomic mass is 19.1. The van der Waals surface area contributed by atoms with Crippen LogP contribution < -0.4 is 10.1 Å². The molecule has 2 aliphatic heterocycles. The van der Waals surface area contributed by atoms with Crippen LogP contribution in [-0.4, -0.2) is 53.6 Å². The first-order valence-electron chi connectivity index (χ1n) is 11.8. The third-order valence-corrected chi connectivity index (χ3v) is 7.11. The molecule has 0 bridgehead atoms. The maximum absolute atomic E-state index is 15.0. The summed E-state index contributed by atoms with van der Waals surface area (Å²) in [6.07, 6.45) is 3.28. The Bertz CT molecular complexity index is 1090. The van der Waals surface area contributed by atoms with Gasteiger partial charge in [-0.15, -0.1) is 0 Å². The number of hydrogen-bond donors (Lipinski definition) is 2. The molecule has 1 saturated heterocycles. The fourth-order valence-corrected chi connectivity index (χ4v) is 5.19. The second kappa shape index (κ2) is 9.74. The summed E-state index contributed by atoms with van der Waals surface area (Å²) in [5, 5.41) is 17.4. The van der Waals surface area contributed by atoms with Crippen LogP contribution >= 0.6 is 0 Å². The highest BCUT2D eigenvalue weighted by Gasteiger charge is 2.39. The number of benzene rings is 1. The third kappa shape index (κ3) is 4.53. The van der Waals surface area contributed by atoms with Gasteiger partial charge in [0.05, 0.1) is 29.6 Å². The SMILES string of the molecule is CCc1nn(C[C@H](C)Cc2c(C(=O)O)ccc(OC)c2F)c2c1C(=O)NCC1(CCOCC1)C2. The largest absolute Gasteiger partial charge is 0.494 e. The van der Waals surface area contributed by atoms with Crippen LogP contribution in [0.15, 0.2) is 12.1 Å². The second-order valence-electron chi connectivity index (χ2n) is 9.50. The lowest BCUT2D eigenvalue weighted by atomic mass is 9.76. The van der Waals surface area contributed by atoms with Crippen molar-refractivity contribution in [2.45, 2.75) is 52.5 Å². The van der Waals surface area contributed by atoms with Crippen LogP contribution in [0.1, 0.15) is 64.4 Å². The molecule has 2 N–H and O–H groups in total. The first kappa shape index (κ1) is 24.2. The molecule has 0 saturated carbocycles. The minimum atomic E-state index is -1.18. The monoisotopic (exact) mass is 473 g/mol. The van der Waals surface area contributed by atoms with Gasteiger partial charge in [0.15, 0.2) is 11.6 Å². The second-order valence-corrected chi connectivity index (χ2v) is 9.50. The molecule has 1 fully saturated rings. The fourth-order valence-electron chi connectivity index (χ4n) is 5.19. The molecule has 0 unspecified atom stereocenters. The number of methoxy groups -OCH3 is 1. The third-order valence-electron chi connectivity index (χ3n) is 7.11. The zero-order valence-electron chi connectivity index (χ0n) is 19.9. The number of aromatic carboxylic acids is 1. The van der Waals surface area contributed by atoms with E-state index in [1.165, 1.54) is 19.2 Å². The summed E-state index contributed by atoms with van der Waals surface area (Å²) in [5.41, 5.74) is 2.29. The quantitative estimate of drug-likeness (QED) is 0.640. The molecule has 1 atom stereocenters. The van der Waals surface area contributed by atoms with Crippen molar-refractivity contribution in [3.63, 3.8) is 0 Å². The lowest BCUT2D eigenvalue weighted by Gasteiger charge is -2.36. The van der Waals surface area contributed by atoms with Gasteiger partial charge in [0, 0.05) is 31.9 Å². The fraction of sp³-hybridized carbons (Fsp3) is 0.560. The molecule has 2 aromatic rings. The summed E-state index contributed by atoms with van der Waals surface area (Å²) in [5.74, 6) is -2.04. The number of carboxylic acids is 1. The summed E-state index contributed by atoms with van der Waals surface area (Å²) < 4.78 is 27.5. The average molecular weight is 474 g/mol. The van der Waals surface area contributed by atoms with Crippen molar-refractivity contribution in [1.29, 1.82) is 0 Å². The van der Waals surface area contributed by atoms with E-state index in [1.807, 2.05) is 18.5 Å². The number of nitrogens with one attached hydrogen (secondary N) is 1. The number of carbonyl (C=O) groups excluding carboxylic acids is 1. The van der Waals surface area contributed by atoms with E-state index < -0.39 is 11.8 Å². The number of hydrogen-bond acceptors (Lipinski definition) is 5. The summed E-state index contributed by atoms with van der Waals surface area (Å²) >= 11 is 0. The molecule has 3 heterocycles. The van der Waals surface area contributed by atoms with Crippen molar-refractivity contribution < 1.29 is 28.6 Å². The Morgan fingerprint density at radius 2 is 2.12 bits per heavy atom. The van der Waals surface area contributed by atoms with Crippen LogP contribution in [0.3, 0.4) is 0 Å². The smallest absolute Gasteiger partial charge is 0.336 e. The molecule has 34 heavy (non-hydrogen) atoms. The van der Waals surface area contributed by atoms with Gasteiger partial charge in [0.1, 0.15) is 0 Å². The van der Waals surface area contributed by atoms with Gasteiger partial charge < -0.3 is 19.9 Å². The van der Waals surface area contributed by atoms with E-state index in [0.29, 0.717) is 38.3 Å². The zero-order valence-corrected chi connectivity index (χ0v) is 19.9. The van der Waals surface area contributed by atoms with E-state index in [4.69, 9.17) is 14.6 Å². The van der Waals surface area contributed by atoms with Crippen LogP contribution in [0.2, 0.25) is 0 Å². The normalized spacial score (nSPS) is 18.2. The lowest BCUT2D eigenvalue weighted by molar-refractivity contribution is 0.0152. The summed E-state index contributed by atoms with van der Waals surface area (Å²) in [6.45, 7) is 6.30. The number of aryl methyl sites for hydroxylation is 1. The summed E-state index contributed by atoms with van der Waals surface area (Å²) in [7, 11) is 1.36. The van der Waals surface area contributed by atoms with Gasteiger partial charge in [-0.05, 0) is 55.6 Å². The Morgan fingerprint density at radius 3 is 2.76 bits per heavy atom. The van der Waals surface area contributed by atoms with E-state index in [0.717, 1.165) is 30.7 Å². The molecule has 1 aromatic carbocycles. The molecule has 1 aromatic heterocycles. The Labute approximate surface area is 198 Å². The van der Waals surface area contributed by atoms with Crippen molar-refractivity contribution in [2.75, 3.05) is 26.9 Å². The van der Waals surface area contributed by atoms with Crippen molar-refractivity contribution >= 4 is 11.9 Å². The maximum atomic E-state index is 15.0. The van der Waals surface area contributed by atoms with Gasteiger partial charge in [0.25, 0.3) is 5.91 Å². The van der Waals surface area contributed by atoms with Crippen LogP contribution in [0.5, 0.6) is 5.75 Å². The first-order valence-corrected chi connectivity index (χ1v) is 11.8. The number of carbonyl (C=O) groups is 2. The molecule has 1 spiro atoms. The van der Waals surface area contributed by atoms with E-state index >= 15 is 0 Å². The molecule has 1 amide bonds. The maximum Gasteiger partial charge on any atom is 0.336 e. The number of amides is 1. The molecule has 184 valence electrons. The lowest BCUT2D eigenvalue weighted by Crippen LogP contribution is -2.40. The Morgan fingerprint density at radius 1 is 1.38 bits per heavy atom. The predicted molar refractivity (Wildman–Crippen MR) is 123 cm³/mol. The van der Waals surface area contributed by atoms with E-state index in [-0.39, 0.29) is 40.5 Å². The minimum Gasteiger partial charge on any atom is -0.494 e. The standard InChI is InChI=1S/C25H32FN3O5/c1-4-18-21-19(12-25(14-27-23(21)30)7-9-34-10-8-25)29(28-18)13-15(2)11-17-16(24(31)32)5-6-20(33-3)22(17)26/h5-6,15H,4,7-14H2,1-3H3,(H,27,30)(H,31,32)/t15-/m1/s1. The van der Waals surface area contributed by atoms with Crippen LogP contribution in [0.4, 0.5) is 4.39 Å². The van der Waals surface area contributed by atoms with Gasteiger partial charge in [-0.25, -0.2) is 9.18 Å². The van der Waals surface area contributed by atoms with Gasteiger partial charge in [-0.1, -0.05) is 13.8 Å². The van der Waals surface area contributed by atoms with Crippen molar-refractivity contribution in [1.82, 2.24) is 15.1 Å². The molecule has 0 radical (unpaired) electrons. The molecule has 9 heteroatoms. The van der Waals surface area contributed by atoms with Crippen molar-refractivity contribution in [3.8, 4) is 5.75 Å². The molecule has 4 rings (SSSR count). The Balaban J connectivity index is 1.66. The summed E-state index contributed by atoms with van der Waals surface area (Å²) in [6, 6.07) is 2.71. The van der Waals surface area contributed by atoms with Crippen LogP contribution in [0.25, 0.3) is 0 Å². The molecular weight excluding hydrogens is 441 g/mol. The van der Waals surface area contributed by atoms with E-state index in [2.05, 4.69) is 5.32 Å². The number of fused-ring (bicyclic) bond motifs is 1. The molecule has 0 aliphatic carbocycles. The Hall–Kier alpha value is -2.94. The van der Waals surface area contributed by atoms with Gasteiger partial charge in [-0.3, -0.25) is 9.48 Å². The van der Waals surface area contributed by atoms with Crippen molar-refractivity contribution in [2.24, 2.45) is 11.3 Å². The topological polar surface area (TPSA) is 103 Å². The zero-order chi connectivity index (χ0) is 24.5. The van der Waals surface area contributed by atoms with E-state index in [9.17, 15) is 19.1 Å². The van der Waals surface area contributed by atoms with Crippen LogP contribution in [0, 0.1) is 17.2 Å². The minimum absolute atomic E-state index is 0.0200. The average Bonchev–Trinajstić information content (AvgIpc) is 3.08. The van der Waals surface area contributed by atoms with Gasteiger partial charge >= 0.3 is 5.97 Å². The number of halogens is 1. The van der Waals surface area contributed by atoms with Gasteiger partial charge in [-0.2, -0.15) is 5.10 Å².